The van der Waals surface area contributed by atoms with Crippen LogP contribution in [0, 0.1) is 20.2 Å². The Balaban J connectivity index is 0. The molecule has 1 aromatic carbocycles. The summed E-state index contributed by atoms with van der Waals surface area (Å²) in [5, 5.41) is 0. The number of hydrogen-bond acceptors (Lipinski definition) is 0. The van der Waals surface area contributed by atoms with Crippen LogP contribution in [0.1, 0.15) is 5.56 Å². The first-order valence-corrected chi connectivity index (χ1v) is 2.36. The van der Waals surface area contributed by atoms with Gasteiger partial charge in [0.15, 0.2) is 0 Å². The summed E-state index contributed by atoms with van der Waals surface area (Å²) in [4.78, 5) is 0. The van der Waals surface area contributed by atoms with Gasteiger partial charge < -0.3 is 7.43 Å². The van der Waals surface area contributed by atoms with Gasteiger partial charge in [0.25, 0.3) is 0 Å². The molecular weight excluding hydrogens is 166 g/mol. The molecular formula is C8H9FV. The second kappa shape index (κ2) is 5.39. The van der Waals surface area contributed by atoms with Crippen LogP contribution in [0.4, 0.5) is 4.39 Å². The van der Waals surface area contributed by atoms with Gasteiger partial charge in [0.2, 0.25) is 0 Å². The van der Waals surface area contributed by atoms with E-state index in [1.807, 2.05) is 0 Å². The van der Waals surface area contributed by atoms with Gasteiger partial charge in [0.05, 0.1) is 5.82 Å². The topological polar surface area (TPSA) is 0 Å². The number of rotatable bonds is 0. The SMILES string of the molecule is [CH2-]c1cccc(F)c1.[CH3-].[V+2]. The largest absolute Gasteiger partial charge is 2.00 e. The van der Waals surface area contributed by atoms with Crippen LogP contribution in [-0.2, 0) is 18.6 Å². The molecule has 53 valence electrons. The van der Waals surface area contributed by atoms with Crippen LogP contribution in [-0.4, -0.2) is 0 Å². The predicted molar refractivity (Wildman–Crippen MR) is 37.3 cm³/mol. The molecule has 0 aliphatic carbocycles. The van der Waals surface area contributed by atoms with Crippen molar-refractivity contribution in [1.82, 2.24) is 0 Å². The zero-order valence-electron chi connectivity index (χ0n) is 5.84. The van der Waals surface area contributed by atoms with Crippen LogP contribution in [0.25, 0.3) is 0 Å². The minimum atomic E-state index is -0.225. The first kappa shape index (κ1) is 12.3. The van der Waals surface area contributed by atoms with E-state index in [9.17, 15) is 4.39 Å². The van der Waals surface area contributed by atoms with Crippen molar-refractivity contribution in [2.24, 2.45) is 0 Å². The molecule has 1 radical (unpaired) electrons. The minimum Gasteiger partial charge on any atom is -0.358 e. The molecule has 0 atom stereocenters. The molecule has 0 aliphatic heterocycles. The second-order valence-electron chi connectivity index (χ2n) is 1.63. The van der Waals surface area contributed by atoms with Crippen molar-refractivity contribution >= 4 is 0 Å². The van der Waals surface area contributed by atoms with E-state index >= 15 is 0 Å². The van der Waals surface area contributed by atoms with Crippen molar-refractivity contribution in [2.75, 3.05) is 0 Å². The van der Waals surface area contributed by atoms with Crippen molar-refractivity contribution in [3.8, 4) is 0 Å². The van der Waals surface area contributed by atoms with Crippen LogP contribution < -0.4 is 0 Å². The maximum atomic E-state index is 12.1. The van der Waals surface area contributed by atoms with E-state index in [2.05, 4.69) is 6.92 Å². The molecule has 0 amide bonds. The molecule has 0 aliphatic rings. The quantitative estimate of drug-likeness (QED) is 0.531. The molecule has 0 unspecified atom stereocenters. The van der Waals surface area contributed by atoms with E-state index in [4.69, 9.17) is 0 Å². The van der Waals surface area contributed by atoms with Crippen LogP contribution in [0.15, 0.2) is 24.3 Å². The molecule has 2 heteroatoms. The van der Waals surface area contributed by atoms with E-state index in [0.717, 1.165) is 0 Å². The van der Waals surface area contributed by atoms with E-state index in [-0.39, 0.29) is 31.8 Å². The monoisotopic (exact) mass is 175 g/mol. The van der Waals surface area contributed by atoms with Gasteiger partial charge in [-0.1, -0.05) is 6.07 Å². The molecule has 0 fully saturated rings. The molecule has 0 saturated heterocycles. The van der Waals surface area contributed by atoms with Gasteiger partial charge in [-0.05, 0) is 0 Å². The number of halogens is 1. The summed E-state index contributed by atoms with van der Waals surface area (Å²) in [6, 6.07) is 6.18. The zero-order valence-corrected chi connectivity index (χ0v) is 7.24. The Morgan fingerprint density at radius 3 is 2.20 bits per heavy atom. The Kier molecular flexibility index (Phi) is 6.63. The van der Waals surface area contributed by atoms with Gasteiger partial charge in [-0.3, -0.25) is 0 Å². The summed E-state index contributed by atoms with van der Waals surface area (Å²) in [6.07, 6.45) is 0. The van der Waals surface area contributed by atoms with Crippen molar-refractivity contribution in [3.05, 3.63) is 50.0 Å². The molecule has 10 heavy (non-hydrogen) atoms. The van der Waals surface area contributed by atoms with E-state index in [0.29, 0.717) is 5.56 Å². The molecule has 0 bridgehead atoms. The number of hydrogen-bond donors (Lipinski definition) is 0. The first-order chi connectivity index (χ1) is 3.79. The Morgan fingerprint density at radius 1 is 1.30 bits per heavy atom. The second-order valence-corrected chi connectivity index (χ2v) is 1.63. The Labute approximate surface area is 73.3 Å². The molecule has 0 saturated carbocycles. The summed E-state index contributed by atoms with van der Waals surface area (Å²) in [6.45, 7) is 3.54. The third-order valence-corrected chi connectivity index (χ3v) is 0.889. The molecule has 0 spiro atoms. The fraction of sp³-hybridized carbons (Fsp3) is 0. The smallest absolute Gasteiger partial charge is 0.358 e. The molecule has 0 N–H and O–H groups in total. The summed E-state index contributed by atoms with van der Waals surface area (Å²) in [5.74, 6) is -0.225. The number of benzene rings is 1. The molecule has 1 aromatic rings. The maximum Gasteiger partial charge on any atom is 2.00 e. The predicted octanol–water partition coefficient (Wildman–Crippen LogP) is 2.46. The van der Waals surface area contributed by atoms with Crippen LogP contribution in [0.5, 0.6) is 0 Å². The Bertz CT molecular complexity index is 169. The molecule has 0 heterocycles. The van der Waals surface area contributed by atoms with Gasteiger partial charge in [0.1, 0.15) is 0 Å². The first-order valence-electron chi connectivity index (χ1n) is 2.36. The summed E-state index contributed by atoms with van der Waals surface area (Å²) in [7, 11) is 0. The van der Waals surface area contributed by atoms with Gasteiger partial charge in [0, 0.05) is 0 Å². The van der Waals surface area contributed by atoms with Crippen LogP contribution in [0.3, 0.4) is 0 Å². The normalized spacial score (nSPS) is 7.30. The third kappa shape index (κ3) is 3.60. The maximum absolute atomic E-state index is 12.1. The van der Waals surface area contributed by atoms with E-state index in [1.54, 1.807) is 12.1 Å². The Morgan fingerprint density at radius 2 is 1.90 bits per heavy atom. The van der Waals surface area contributed by atoms with Crippen molar-refractivity contribution in [3.63, 3.8) is 0 Å². The van der Waals surface area contributed by atoms with Crippen molar-refractivity contribution in [1.29, 1.82) is 0 Å². The van der Waals surface area contributed by atoms with Gasteiger partial charge in [-0.25, -0.2) is 4.39 Å². The standard InChI is InChI=1S/C7H6F.CH3.V/c1-6-3-2-4-7(8)5-6;;/h2-5H,1H2;1H3;/q2*-1;+2. The Hall–Kier alpha value is -0.396. The molecule has 1 rings (SSSR count). The van der Waals surface area contributed by atoms with Gasteiger partial charge in [-0.15, -0.1) is 12.1 Å². The van der Waals surface area contributed by atoms with Crippen molar-refractivity contribution in [2.45, 2.75) is 0 Å². The summed E-state index contributed by atoms with van der Waals surface area (Å²) in [5.41, 5.74) is 0.713. The summed E-state index contributed by atoms with van der Waals surface area (Å²) < 4.78 is 12.1. The average Bonchev–Trinajstić information content (AvgIpc) is 1.64. The fourth-order valence-electron chi connectivity index (χ4n) is 0.537. The molecule has 0 nitrogen and oxygen atoms in total. The van der Waals surface area contributed by atoms with E-state index in [1.165, 1.54) is 12.1 Å². The van der Waals surface area contributed by atoms with Crippen molar-refractivity contribution < 1.29 is 22.9 Å². The van der Waals surface area contributed by atoms with Crippen LogP contribution >= 0.6 is 0 Å². The van der Waals surface area contributed by atoms with E-state index < -0.39 is 0 Å². The average molecular weight is 175 g/mol. The zero-order chi connectivity index (χ0) is 5.98. The van der Waals surface area contributed by atoms with Gasteiger partial charge in [-0.2, -0.15) is 18.6 Å². The minimum absolute atomic E-state index is 0. The third-order valence-electron chi connectivity index (χ3n) is 0.889. The van der Waals surface area contributed by atoms with Crippen LogP contribution in [0.2, 0.25) is 0 Å². The molecule has 0 aromatic heterocycles. The summed E-state index contributed by atoms with van der Waals surface area (Å²) >= 11 is 0. The fourth-order valence-corrected chi connectivity index (χ4v) is 0.537. The van der Waals surface area contributed by atoms with Gasteiger partial charge >= 0.3 is 18.6 Å².